The first-order chi connectivity index (χ1) is 7.84. The van der Waals surface area contributed by atoms with E-state index in [1.807, 2.05) is 0 Å². The molecule has 1 atom stereocenters. The first kappa shape index (κ1) is 15.1. The van der Waals surface area contributed by atoms with Crippen molar-refractivity contribution in [3.63, 3.8) is 0 Å². The Morgan fingerprint density at radius 3 is 2.47 bits per heavy atom. The molecule has 17 heavy (non-hydrogen) atoms. The Morgan fingerprint density at radius 1 is 1.47 bits per heavy atom. The average Bonchev–Trinajstić information content (AvgIpc) is 2.14. The predicted molar refractivity (Wildman–Crippen MR) is 59.3 cm³/mol. The van der Waals surface area contributed by atoms with Crippen molar-refractivity contribution in [3.8, 4) is 0 Å². The third-order valence-corrected chi connectivity index (χ3v) is 2.07. The number of nitrogens with one attached hydrogen (secondary N) is 1. The maximum absolute atomic E-state index is 10.4. The normalized spacial score (nSPS) is 11.8. The molecule has 0 bridgehead atoms. The minimum atomic E-state index is -0.825. The number of nitro groups is 1. The number of hydrogen-bond acceptors (Lipinski definition) is 5. The lowest BCUT2D eigenvalue weighted by atomic mass is 10.1. The fraction of sp³-hybridized carbons (Fsp3) is 0.750. The van der Waals surface area contributed by atoms with Gasteiger partial charge in [0.05, 0.1) is 19.1 Å². The molecule has 0 aromatic rings. The van der Waals surface area contributed by atoms with Gasteiger partial charge < -0.3 is 16.6 Å². The minimum Gasteiger partial charge on any atom is -0.393 e. The molecule has 0 aliphatic carbocycles. The maximum atomic E-state index is 10.4. The van der Waals surface area contributed by atoms with Gasteiger partial charge in [0.15, 0.2) is 5.03 Å². The summed E-state index contributed by atoms with van der Waals surface area (Å²) in [4.78, 5) is 20.9. The van der Waals surface area contributed by atoms with E-state index in [2.05, 4.69) is 0 Å². The van der Waals surface area contributed by atoms with Crippen molar-refractivity contribution in [3.05, 3.63) is 10.1 Å². The molecule has 6 N–H and O–H groups in total. The zero-order valence-electron chi connectivity index (χ0n) is 9.33. The lowest BCUT2D eigenvalue weighted by Gasteiger charge is -2.12. The highest BCUT2D eigenvalue weighted by atomic mass is 16.7. The molecule has 0 saturated carbocycles. The second kappa shape index (κ2) is 7.39. The van der Waals surface area contributed by atoms with E-state index >= 15 is 0 Å². The third kappa shape index (κ3) is 7.06. The largest absolute Gasteiger partial charge is 0.393 e. The van der Waals surface area contributed by atoms with Crippen LogP contribution in [0, 0.1) is 15.5 Å². The van der Waals surface area contributed by atoms with Crippen molar-refractivity contribution in [1.82, 2.24) is 5.01 Å². The van der Waals surface area contributed by atoms with Gasteiger partial charge in [0.1, 0.15) is 0 Å². The summed E-state index contributed by atoms with van der Waals surface area (Å²) in [5, 5.41) is 26.4. The summed E-state index contributed by atoms with van der Waals surface area (Å²) in [6, 6.07) is 0. The molecule has 98 valence electrons. The van der Waals surface area contributed by atoms with Gasteiger partial charge in [-0.3, -0.25) is 10.2 Å². The lowest BCUT2D eigenvalue weighted by molar-refractivity contribution is -0.629. The minimum absolute atomic E-state index is 0.00831. The molecule has 0 saturated heterocycles. The Hall–Kier alpha value is -1.90. The maximum Gasteiger partial charge on any atom is 0.251 e. The molecule has 0 aromatic carbocycles. The number of guanidine groups is 1. The highest BCUT2D eigenvalue weighted by Gasteiger charge is 2.17. The molecular formula is C8H17N5O4. The highest BCUT2D eigenvalue weighted by Crippen LogP contribution is 2.05. The van der Waals surface area contributed by atoms with E-state index in [1.54, 1.807) is 0 Å². The number of rotatable bonds is 8. The predicted octanol–water partition coefficient (Wildman–Crippen LogP) is -1.22. The Morgan fingerprint density at radius 2 is 2.06 bits per heavy atom. The van der Waals surface area contributed by atoms with Crippen LogP contribution in [0.5, 0.6) is 0 Å². The van der Waals surface area contributed by atoms with Crippen LogP contribution in [0.25, 0.3) is 0 Å². The Kier molecular flexibility index (Phi) is 6.56. The Labute approximate surface area is 98.0 Å². The molecule has 0 aliphatic heterocycles. The molecular weight excluding hydrogens is 230 g/mol. The number of carbonyl (C=O) groups excluding carboxylic acids is 1. The van der Waals surface area contributed by atoms with Crippen molar-refractivity contribution in [1.29, 1.82) is 5.41 Å². The number of hydrazine groups is 1. The van der Waals surface area contributed by atoms with E-state index in [0.29, 0.717) is 24.3 Å². The van der Waals surface area contributed by atoms with E-state index < -0.39 is 23.0 Å². The van der Waals surface area contributed by atoms with Crippen LogP contribution >= 0.6 is 0 Å². The van der Waals surface area contributed by atoms with E-state index in [-0.39, 0.29) is 13.0 Å². The van der Waals surface area contributed by atoms with Gasteiger partial charge in [0.25, 0.3) is 5.96 Å². The third-order valence-electron chi connectivity index (χ3n) is 2.07. The van der Waals surface area contributed by atoms with Crippen molar-refractivity contribution in [2.24, 2.45) is 11.5 Å². The van der Waals surface area contributed by atoms with Gasteiger partial charge in [-0.15, -0.1) is 0 Å². The molecule has 0 radical (unpaired) electrons. The number of primary amides is 1. The average molecular weight is 247 g/mol. The van der Waals surface area contributed by atoms with Gasteiger partial charge in [0.2, 0.25) is 5.91 Å². The van der Waals surface area contributed by atoms with E-state index in [9.17, 15) is 20.0 Å². The van der Waals surface area contributed by atoms with Crippen LogP contribution in [-0.4, -0.2) is 39.7 Å². The quantitative estimate of drug-likeness (QED) is 0.138. The molecule has 0 aliphatic rings. The summed E-state index contributed by atoms with van der Waals surface area (Å²) < 4.78 is 0. The van der Waals surface area contributed by atoms with Crippen molar-refractivity contribution in [2.75, 3.05) is 6.54 Å². The van der Waals surface area contributed by atoms with Crippen LogP contribution in [0.3, 0.4) is 0 Å². The Balaban J connectivity index is 3.79. The smallest absolute Gasteiger partial charge is 0.251 e. The number of hydrogen-bond donors (Lipinski definition) is 4. The monoisotopic (exact) mass is 247 g/mol. The zero-order chi connectivity index (χ0) is 13.4. The number of amides is 1. The molecule has 0 unspecified atom stereocenters. The van der Waals surface area contributed by atoms with Gasteiger partial charge in [-0.25, -0.2) is 10.1 Å². The van der Waals surface area contributed by atoms with Crippen molar-refractivity contribution >= 4 is 11.9 Å². The number of nitrogens with two attached hydrogens (primary N) is 2. The van der Waals surface area contributed by atoms with Gasteiger partial charge >= 0.3 is 0 Å². The van der Waals surface area contributed by atoms with Crippen LogP contribution in [0.2, 0.25) is 0 Å². The summed E-state index contributed by atoms with van der Waals surface area (Å²) in [5.41, 5.74) is 9.89. The van der Waals surface area contributed by atoms with Crippen LogP contribution in [0.4, 0.5) is 0 Å². The van der Waals surface area contributed by atoms with E-state index in [0.717, 1.165) is 0 Å². The van der Waals surface area contributed by atoms with Gasteiger partial charge in [-0.05, 0) is 19.3 Å². The Bertz CT molecular complexity index is 282. The van der Waals surface area contributed by atoms with Crippen molar-refractivity contribution < 1.29 is 14.9 Å². The van der Waals surface area contributed by atoms with Gasteiger partial charge in [-0.2, -0.15) is 0 Å². The fourth-order valence-electron chi connectivity index (χ4n) is 1.27. The number of aliphatic hydroxyl groups excluding tert-OH is 1. The molecule has 9 nitrogen and oxygen atoms in total. The van der Waals surface area contributed by atoms with Crippen LogP contribution in [-0.2, 0) is 4.79 Å². The molecule has 0 spiro atoms. The zero-order valence-corrected chi connectivity index (χ0v) is 9.33. The van der Waals surface area contributed by atoms with Crippen LogP contribution in [0.15, 0.2) is 0 Å². The first-order valence-corrected chi connectivity index (χ1v) is 5.06. The number of carbonyl (C=O) groups is 1. The summed E-state index contributed by atoms with van der Waals surface area (Å²) in [7, 11) is 0. The number of nitrogens with zero attached hydrogens (tertiary/aromatic N) is 2. The fourth-order valence-corrected chi connectivity index (χ4v) is 1.27. The summed E-state index contributed by atoms with van der Waals surface area (Å²) >= 11 is 0. The highest BCUT2D eigenvalue weighted by molar-refractivity contribution is 5.74. The molecule has 0 rings (SSSR count). The second-order valence-electron chi connectivity index (χ2n) is 3.57. The lowest BCUT2D eigenvalue weighted by Crippen LogP contribution is -2.41. The summed E-state index contributed by atoms with van der Waals surface area (Å²) in [6.45, 7) is -0.00831. The number of unbranched alkanes of at least 4 members (excludes halogenated alkanes) is 1. The molecule has 9 heteroatoms. The SMILES string of the molecule is N=C(N)N(CCCC[C@H](O)CC(N)=O)[N+](=O)[O-]. The molecule has 0 fully saturated rings. The molecule has 0 aromatic heterocycles. The van der Waals surface area contributed by atoms with E-state index in [1.165, 1.54) is 0 Å². The second-order valence-corrected chi connectivity index (χ2v) is 3.57. The topological polar surface area (TPSA) is 160 Å². The van der Waals surface area contributed by atoms with Crippen molar-refractivity contribution in [2.45, 2.75) is 31.8 Å². The van der Waals surface area contributed by atoms with Gasteiger partial charge in [0, 0.05) is 0 Å². The number of aliphatic hydroxyl groups is 1. The molecule has 0 heterocycles. The van der Waals surface area contributed by atoms with E-state index in [4.69, 9.17) is 16.9 Å². The first-order valence-electron chi connectivity index (χ1n) is 5.06. The summed E-state index contributed by atoms with van der Waals surface area (Å²) in [5.74, 6) is -1.22. The standard InChI is InChI=1S/C8H17N5O4/c9-7(15)5-6(14)3-1-2-4-12(8(10)11)13(16)17/h6,14H,1-5H2,(H2,9,15)(H3,10,11)/t6-/m0/s1. The van der Waals surface area contributed by atoms with Crippen LogP contribution in [0.1, 0.15) is 25.7 Å². The molecule has 1 amide bonds. The van der Waals surface area contributed by atoms with Crippen LogP contribution < -0.4 is 11.5 Å². The summed E-state index contributed by atoms with van der Waals surface area (Å²) in [6.07, 6.45) is 0.245. The van der Waals surface area contributed by atoms with Gasteiger partial charge in [-0.1, -0.05) is 5.01 Å².